The largest absolute Gasteiger partial charge is 0.441 e. The van der Waals surface area contributed by atoms with E-state index in [-0.39, 0.29) is 24.6 Å². The molecule has 2 amide bonds. The van der Waals surface area contributed by atoms with Crippen LogP contribution in [0.4, 0.5) is 4.79 Å². The molecule has 0 radical (unpaired) electrons. The van der Waals surface area contributed by atoms with Crippen LogP contribution in [-0.4, -0.2) is 23.5 Å². The lowest BCUT2D eigenvalue weighted by Gasteiger charge is -2.16. The number of para-hydroxylation sites is 1. The minimum atomic E-state index is -0.566. The number of aromatic amines is 1. The van der Waals surface area contributed by atoms with Crippen molar-refractivity contribution in [3.63, 3.8) is 0 Å². The van der Waals surface area contributed by atoms with Crippen molar-refractivity contribution in [2.75, 3.05) is 6.54 Å². The Morgan fingerprint density at radius 1 is 1.00 bits per heavy atom. The quantitative estimate of drug-likeness (QED) is 0.348. The average molecular weight is 470 g/mol. The molecule has 2 atom stereocenters. The van der Waals surface area contributed by atoms with Gasteiger partial charge in [-0.05, 0) is 55.0 Å². The lowest BCUT2D eigenvalue weighted by atomic mass is 10.1. The number of nitrogens with one attached hydrogen (secondary N) is 3. The first-order valence-electron chi connectivity index (χ1n) is 11.9. The summed E-state index contributed by atoms with van der Waals surface area (Å²) in [6.07, 6.45) is 2.92. The summed E-state index contributed by atoms with van der Waals surface area (Å²) in [4.78, 5) is 27.1. The van der Waals surface area contributed by atoms with E-state index in [9.17, 15) is 9.59 Å². The SMILES string of the molecule is CC(NC(=O)CNC(=O)OC1CCc2ccccc21)c1ccccc1.Cc1c[nH]c2ccccc12. The van der Waals surface area contributed by atoms with Gasteiger partial charge in [0.25, 0.3) is 0 Å². The zero-order chi connectivity index (χ0) is 24.6. The number of fused-ring (bicyclic) bond motifs is 2. The van der Waals surface area contributed by atoms with Crippen LogP contribution < -0.4 is 10.6 Å². The molecule has 0 fully saturated rings. The number of aromatic nitrogens is 1. The van der Waals surface area contributed by atoms with E-state index in [1.807, 2.05) is 67.7 Å². The van der Waals surface area contributed by atoms with Crippen molar-refractivity contribution in [1.82, 2.24) is 15.6 Å². The Kier molecular flexibility index (Phi) is 7.83. The van der Waals surface area contributed by atoms with Crippen LogP contribution in [0.3, 0.4) is 0 Å². The highest BCUT2D eigenvalue weighted by atomic mass is 16.6. The Bertz CT molecular complexity index is 1280. The second-order valence-corrected chi connectivity index (χ2v) is 8.70. The molecule has 1 aliphatic carbocycles. The van der Waals surface area contributed by atoms with Gasteiger partial charge in [-0.25, -0.2) is 4.79 Å². The van der Waals surface area contributed by atoms with Crippen molar-refractivity contribution in [2.24, 2.45) is 0 Å². The number of carbonyl (C=O) groups excluding carboxylic acids is 2. The van der Waals surface area contributed by atoms with Crippen molar-refractivity contribution in [2.45, 2.75) is 38.8 Å². The predicted octanol–water partition coefficient (Wildman–Crippen LogP) is 5.75. The summed E-state index contributed by atoms with van der Waals surface area (Å²) in [6.45, 7) is 3.91. The molecule has 0 saturated carbocycles. The van der Waals surface area contributed by atoms with Gasteiger partial charge in [-0.3, -0.25) is 4.79 Å². The van der Waals surface area contributed by atoms with Crippen LogP contribution in [0.5, 0.6) is 0 Å². The standard InChI is InChI=1S/C20H22N2O3.C9H9N/c1-14(15-7-3-2-4-8-15)22-19(23)13-21-20(24)25-18-12-11-16-9-5-6-10-17(16)18;1-7-6-10-9-5-3-2-4-8(7)9/h2-10,14,18H,11-13H2,1H3,(H,21,24)(H,22,23);2-6,10H,1H3. The molecule has 3 aromatic carbocycles. The van der Waals surface area contributed by atoms with E-state index in [2.05, 4.69) is 46.8 Å². The summed E-state index contributed by atoms with van der Waals surface area (Å²) < 4.78 is 5.45. The van der Waals surface area contributed by atoms with Gasteiger partial charge in [0.1, 0.15) is 12.6 Å². The van der Waals surface area contributed by atoms with E-state index in [1.54, 1.807) is 0 Å². The summed E-state index contributed by atoms with van der Waals surface area (Å²) in [6, 6.07) is 25.8. The maximum Gasteiger partial charge on any atom is 0.408 e. The molecule has 6 heteroatoms. The molecule has 0 spiro atoms. The third-order valence-electron chi connectivity index (χ3n) is 6.19. The Hall–Kier alpha value is -4.06. The van der Waals surface area contributed by atoms with E-state index >= 15 is 0 Å². The van der Waals surface area contributed by atoms with E-state index in [1.165, 1.54) is 22.0 Å². The Morgan fingerprint density at radius 3 is 2.51 bits per heavy atom. The van der Waals surface area contributed by atoms with Crippen LogP contribution in [0.25, 0.3) is 10.9 Å². The molecule has 1 aromatic heterocycles. The van der Waals surface area contributed by atoms with Gasteiger partial charge in [-0.1, -0.05) is 72.8 Å². The summed E-state index contributed by atoms with van der Waals surface area (Å²) >= 11 is 0. The van der Waals surface area contributed by atoms with E-state index < -0.39 is 6.09 Å². The minimum absolute atomic E-state index is 0.107. The number of hydrogen-bond acceptors (Lipinski definition) is 3. The second-order valence-electron chi connectivity index (χ2n) is 8.70. The molecule has 3 N–H and O–H groups in total. The Labute approximate surface area is 205 Å². The molecular formula is C29H31N3O3. The summed E-state index contributed by atoms with van der Waals surface area (Å²) in [5.41, 5.74) is 5.83. The maximum atomic E-state index is 12.0. The van der Waals surface area contributed by atoms with Crippen molar-refractivity contribution in [1.29, 1.82) is 0 Å². The number of benzene rings is 3. The van der Waals surface area contributed by atoms with Gasteiger partial charge >= 0.3 is 6.09 Å². The number of aryl methyl sites for hydroxylation is 2. The molecule has 0 saturated heterocycles. The summed E-state index contributed by atoms with van der Waals surface area (Å²) in [5, 5.41) is 6.70. The van der Waals surface area contributed by atoms with Gasteiger partial charge in [0.05, 0.1) is 6.04 Å². The first-order chi connectivity index (χ1) is 17.0. The lowest BCUT2D eigenvalue weighted by Crippen LogP contribution is -2.38. The number of alkyl carbamates (subject to hydrolysis) is 1. The minimum Gasteiger partial charge on any atom is -0.441 e. The average Bonchev–Trinajstić information content (AvgIpc) is 3.47. The van der Waals surface area contributed by atoms with Crippen molar-refractivity contribution in [3.05, 3.63) is 107 Å². The number of H-pyrrole nitrogens is 1. The molecule has 4 aromatic rings. The highest BCUT2D eigenvalue weighted by Crippen LogP contribution is 2.33. The third kappa shape index (κ3) is 6.29. The fourth-order valence-electron chi connectivity index (χ4n) is 4.30. The molecule has 5 rings (SSSR count). The molecule has 6 nitrogen and oxygen atoms in total. The van der Waals surface area contributed by atoms with Gasteiger partial charge in [-0.15, -0.1) is 0 Å². The monoisotopic (exact) mass is 469 g/mol. The zero-order valence-electron chi connectivity index (χ0n) is 20.1. The number of ether oxygens (including phenoxy) is 1. The van der Waals surface area contributed by atoms with Gasteiger partial charge in [0, 0.05) is 17.1 Å². The summed E-state index contributed by atoms with van der Waals surface area (Å²) in [7, 11) is 0. The van der Waals surface area contributed by atoms with Gasteiger partial charge < -0.3 is 20.4 Å². The maximum absolute atomic E-state index is 12.0. The molecule has 35 heavy (non-hydrogen) atoms. The van der Waals surface area contributed by atoms with E-state index in [4.69, 9.17) is 4.74 Å². The zero-order valence-corrected chi connectivity index (χ0v) is 20.1. The molecular weight excluding hydrogens is 438 g/mol. The number of amides is 2. The van der Waals surface area contributed by atoms with Crippen LogP contribution in [0.15, 0.2) is 85.1 Å². The molecule has 1 heterocycles. The van der Waals surface area contributed by atoms with Crippen LogP contribution in [0.2, 0.25) is 0 Å². The molecule has 0 bridgehead atoms. The number of hydrogen-bond donors (Lipinski definition) is 3. The van der Waals surface area contributed by atoms with Gasteiger partial charge in [0.15, 0.2) is 0 Å². The first-order valence-corrected chi connectivity index (χ1v) is 11.9. The second kappa shape index (κ2) is 11.4. The van der Waals surface area contributed by atoms with Crippen LogP contribution in [0, 0.1) is 6.92 Å². The van der Waals surface area contributed by atoms with Crippen molar-refractivity contribution >= 4 is 22.9 Å². The number of rotatable bonds is 5. The van der Waals surface area contributed by atoms with Crippen LogP contribution in [-0.2, 0) is 16.0 Å². The predicted molar refractivity (Wildman–Crippen MR) is 138 cm³/mol. The Morgan fingerprint density at radius 2 is 1.71 bits per heavy atom. The van der Waals surface area contributed by atoms with Crippen molar-refractivity contribution in [3.8, 4) is 0 Å². The van der Waals surface area contributed by atoms with Crippen molar-refractivity contribution < 1.29 is 14.3 Å². The third-order valence-corrected chi connectivity index (χ3v) is 6.19. The normalized spacial score (nSPS) is 14.9. The highest BCUT2D eigenvalue weighted by Gasteiger charge is 2.25. The molecule has 0 aliphatic heterocycles. The van der Waals surface area contributed by atoms with Crippen LogP contribution in [0.1, 0.15) is 47.7 Å². The molecule has 1 aliphatic rings. The fourth-order valence-corrected chi connectivity index (χ4v) is 4.30. The van der Waals surface area contributed by atoms with Gasteiger partial charge in [-0.2, -0.15) is 0 Å². The number of carbonyl (C=O) groups is 2. The topological polar surface area (TPSA) is 83.2 Å². The lowest BCUT2D eigenvalue weighted by molar-refractivity contribution is -0.120. The van der Waals surface area contributed by atoms with E-state index in [0.29, 0.717) is 0 Å². The highest BCUT2D eigenvalue weighted by molar-refractivity contribution is 5.83. The summed E-state index contributed by atoms with van der Waals surface area (Å²) in [5.74, 6) is -0.250. The fraction of sp³-hybridized carbons (Fsp3) is 0.241. The molecule has 2 unspecified atom stereocenters. The van der Waals surface area contributed by atoms with E-state index in [0.717, 1.165) is 24.0 Å². The smallest absolute Gasteiger partial charge is 0.408 e. The first kappa shape index (κ1) is 24.1. The van der Waals surface area contributed by atoms with Crippen LogP contribution >= 0.6 is 0 Å². The molecule has 180 valence electrons. The van der Waals surface area contributed by atoms with Gasteiger partial charge in [0.2, 0.25) is 5.91 Å². The Balaban J connectivity index is 0.000000239.